The predicted molar refractivity (Wildman–Crippen MR) is 127 cm³/mol. The lowest BCUT2D eigenvalue weighted by Gasteiger charge is -2.41. The zero-order valence-corrected chi connectivity index (χ0v) is 18.9. The lowest BCUT2D eigenvalue weighted by Crippen LogP contribution is -2.46. The lowest BCUT2D eigenvalue weighted by atomic mass is 9.82. The molecule has 1 nitrogen and oxygen atoms in total. The maximum atomic E-state index is 2.49. The van der Waals surface area contributed by atoms with Crippen LogP contribution in [-0.4, -0.2) is 30.3 Å². The van der Waals surface area contributed by atoms with Crippen molar-refractivity contribution in [3.8, 4) is 0 Å². The highest BCUT2D eigenvalue weighted by Crippen LogP contribution is 2.48. The molecule has 0 amide bonds. The Labute approximate surface area is 178 Å². The molecule has 0 N–H and O–H groups in total. The number of likely N-dealkylation sites (N-methyl/N-ethyl adjacent to an activating group) is 1. The van der Waals surface area contributed by atoms with Crippen molar-refractivity contribution in [2.24, 2.45) is 0 Å². The number of rotatable bonds is 7. The van der Waals surface area contributed by atoms with Gasteiger partial charge in [-0.3, -0.25) is 0 Å². The molecule has 0 spiro atoms. The fourth-order valence-corrected chi connectivity index (χ4v) is 7.50. The van der Waals surface area contributed by atoms with E-state index in [0.717, 1.165) is 6.42 Å². The fraction of sp³-hybridized carbons (Fsp3) is 0.440. The summed E-state index contributed by atoms with van der Waals surface area (Å²) in [5.41, 5.74) is 3.33. The summed E-state index contributed by atoms with van der Waals surface area (Å²) in [5.74, 6) is 1.26. The molecule has 0 saturated carbocycles. The van der Waals surface area contributed by atoms with E-state index in [4.69, 9.17) is 0 Å². The minimum Gasteiger partial charge on any atom is -0.303 e. The first-order valence-corrected chi connectivity index (χ1v) is 12.3. The van der Waals surface area contributed by atoms with Gasteiger partial charge in [-0.25, -0.2) is 0 Å². The molecule has 2 aromatic carbocycles. The Balaban J connectivity index is 1.57. The number of nitrogens with zero attached hydrogens (tertiary/aromatic N) is 1. The highest BCUT2D eigenvalue weighted by molar-refractivity contribution is 7.99. The second kappa shape index (κ2) is 8.61. The van der Waals surface area contributed by atoms with Gasteiger partial charge in [0.2, 0.25) is 0 Å². The number of hydrogen-bond acceptors (Lipinski definition) is 3. The van der Waals surface area contributed by atoms with Crippen LogP contribution < -0.4 is 0 Å². The number of fused-ring (bicyclic) bond motifs is 3. The van der Waals surface area contributed by atoms with Crippen molar-refractivity contribution < 1.29 is 0 Å². The smallest absolute Gasteiger partial charge is 0.0395 e. The number of thioether (sulfide) groups is 1. The summed E-state index contributed by atoms with van der Waals surface area (Å²) in [6, 6.07) is 20.0. The first kappa shape index (κ1) is 20.0. The van der Waals surface area contributed by atoms with Crippen LogP contribution in [0.2, 0.25) is 0 Å². The summed E-state index contributed by atoms with van der Waals surface area (Å²) in [7, 11) is 4.54. The maximum absolute atomic E-state index is 2.49. The molecule has 0 bridgehead atoms. The molecule has 0 radical (unpaired) electrons. The van der Waals surface area contributed by atoms with Gasteiger partial charge in [0.25, 0.3) is 0 Å². The molecule has 2 heterocycles. The van der Waals surface area contributed by atoms with Crippen molar-refractivity contribution in [2.45, 2.75) is 49.8 Å². The predicted octanol–water partition coefficient (Wildman–Crippen LogP) is 6.97. The van der Waals surface area contributed by atoms with Gasteiger partial charge in [-0.05, 0) is 74.5 Å². The van der Waals surface area contributed by atoms with Crippen molar-refractivity contribution in [1.82, 2.24) is 4.90 Å². The highest BCUT2D eigenvalue weighted by Gasteiger charge is 2.33. The summed E-state index contributed by atoms with van der Waals surface area (Å²) in [6.07, 6.45) is 6.07. The molecule has 4 rings (SSSR count). The molecular formula is C25H31NS2. The standard InChI is InChI=1S/C25H31NS2/c1-4-25(26(2)3,18-19-10-6-5-7-11-19)16-14-23-24-21(15-17-27-23)20-12-8-9-13-22(20)28-24/h5-13,23H,4,14-18H2,1-3H3. The van der Waals surface area contributed by atoms with E-state index in [-0.39, 0.29) is 5.54 Å². The molecule has 0 fully saturated rings. The molecule has 1 aromatic heterocycles. The van der Waals surface area contributed by atoms with Gasteiger partial charge < -0.3 is 4.90 Å². The molecule has 28 heavy (non-hydrogen) atoms. The van der Waals surface area contributed by atoms with E-state index in [1.807, 2.05) is 11.3 Å². The third-order valence-corrected chi connectivity index (χ3v) is 9.34. The van der Waals surface area contributed by atoms with E-state index >= 15 is 0 Å². The summed E-state index contributed by atoms with van der Waals surface area (Å²) in [6.45, 7) is 2.36. The highest BCUT2D eigenvalue weighted by atomic mass is 32.2. The molecule has 0 saturated heterocycles. The van der Waals surface area contributed by atoms with Gasteiger partial charge in [-0.1, -0.05) is 55.5 Å². The number of hydrogen-bond donors (Lipinski definition) is 0. The Hall–Kier alpha value is -1.29. The van der Waals surface area contributed by atoms with Gasteiger partial charge in [-0.15, -0.1) is 11.3 Å². The van der Waals surface area contributed by atoms with Crippen molar-refractivity contribution >= 4 is 33.2 Å². The zero-order valence-electron chi connectivity index (χ0n) is 17.3. The average Bonchev–Trinajstić information content (AvgIpc) is 3.11. The summed E-state index contributed by atoms with van der Waals surface area (Å²) in [5, 5.41) is 2.16. The van der Waals surface area contributed by atoms with Crippen LogP contribution in [0.3, 0.4) is 0 Å². The van der Waals surface area contributed by atoms with Crippen molar-refractivity contribution in [1.29, 1.82) is 0 Å². The second-order valence-corrected chi connectivity index (χ2v) is 10.6. The van der Waals surface area contributed by atoms with Crippen LogP contribution in [0.4, 0.5) is 0 Å². The van der Waals surface area contributed by atoms with Crippen molar-refractivity contribution in [3.63, 3.8) is 0 Å². The van der Waals surface area contributed by atoms with E-state index in [1.54, 1.807) is 10.4 Å². The fourth-order valence-electron chi connectivity index (χ4n) is 4.69. The molecule has 2 unspecified atom stereocenters. The molecular weight excluding hydrogens is 378 g/mol. The SMILES string of the molecule is CCC(CCC1SCCc2c1sc1ccccc21)(Cc1ccccc1)N(C)C. The second-order valence-electron chi connectivity index (χ2n) is 8.22. The van der Waals surface area contributed by atoms with Crippen LogP contribution in [-0.2, 0) is 12.8 Å². The van der Waals surface area contributed by atoms with Gasteiger partial charge >= 0.3 is 0 Å². The van der Waals surface area contributed by atoms with Crippen LogP contribution in [0.25, 0.3) is 10.1 Å². The molecule has 1 aliphatic rings. The van der Waals surface area contributed by atoms with Crippen LogP contribution in [0.15, 0.2) is 54.6 Å². The monoisotopic (exact) mass is 409 g/mol. The summed E-state index contributed by atoms with van der Waals surface area (Å²) < 4.78 is 1.47. The maximum Gasteiger partial charge on any atom is 0.0395 e. The molecule has 0 aliphatic carbocycles. The molecule has 1 aliphatic heterocycles. The first-order chi connectivity index (χ1) is 13.6. The normalized spacial score (nSPS) is 18.9. The Morgan fingerprint density at radius 3 is 2.54 bits per heavy atom. The van der Waals surface area contributed by atoms with E-state index in [9.17, 15) is 0 Å². The Morgan fingerprint density at radius 1 is 1.04 bits per heavy atom. The van der Waals surface area contributed by atoms with Gasteiger partial charge in [-0.2, -0.15) is 11.8 Å². The van der Waals surface area contributed by atoms with Gasteiger partial charge in [0, 0.05) is 20.4 Å². The largest absolute Gasteiger partial charge is 0.303 e. The zero-order chi connectivity index (χ0) is 19.6. The lowest BCUT2D eigenvalue weighted by molar-refractivity contribution is 0.129. The van der Waals surface area contributed by atoms with Crippen molar-refractivity contribution in [2.75, 3.05) is 19.8 Å². The van der Waals surface area contributed by atoms with Crippen LogP contribution >= 0.6 is 23.1 Å². The van der Waals surface area contributed by atoms with E-state index in [2.05, 4.69) is 92.3 Å². The first-order valence-electron chi connectivity index (χ1n) is 10.5. The van der Waals surface area contributed by atoms with Gasteiger partial charge in [0.05, 0.1) is 0 Å². The Bertz CT molecular complexity index is 915. The van der Waals surface area contributed by atoms with Crippen LogP contribution in [0, 0.1) is 0 Å². The van der Waals surface area contributed by atoms with Crippen LogP contribution in [0.5, 0.6) is 0 Å². The quantitative estimate of drug-likeness (QED) is 0.415. The molecule has 148 valence electrons. The third-order valence-electron chi connectivity index (χ3n) is 6.55. The topological polar surface area (TPSA) is 3.24 Å². The van der Waals surface area contributed by atoms with Gasteiger partial charge in [0.15, 0.2) is 0 Å². The molecule has 3 aromatic rings. The summed E-state index contributed by atoms with van der Waals surface area (Å²) >= 11 is 4.23. The third kappa shape index (κ3) is 3.90. The van der Waals surface area contributed by atoms with Gasteiger partial charge in [0.1, 0.15) is 0 Å². The molecule has 2 atom stereocenters. The van der Waals surface area contributed by atoms with Crippen LogP contribution in [0.1, 0.15) is 47.4 Å². The minimum absolute atomic E-state index is 0.232. The van der Waals surface area contributed by atoms with E-state index in [0.29, 0.717) is 5.25 Å². The average molecular weight is 410 g/mol. The van der Waals surface area contributed by atoms with E-state index < -0.39 is 0 Å². The van der Waals surface area contributed by atoms with E-state index in [1.165, 1.54) is 47.1 Å². The number of benzene rings is 2. The number of thiophene rings is 1. The number of aryl methyl sites for hydroxylation is 1. The van der Waals surface area contributed by atoms with Crippen molar-refractivity contribution in [3.05, 3.63) is 70.6 Å². The Morgan fingerprint density at radius 2 is 1.79 bits per heavy atom. The Kier molecular flexibility index (Phi) is 6.15. The molecule has 3 heteroatoms. The summed E-state index contributed by atoms with van der Waals surface area (Å²) in [4.78, 5) is 4.14. The minimum atomic E-state index is 0.232.